The zero-order valence-corrected chi connectivity index (χ0v) is 11.7. The van der Waals surface area contributed by atoms with E-state index < -0.39 is 5.97 Å². The van der Waals surface area contributed by atoms with Gasteiger partial charge < -0.3 is 5.11 Å². The minimum Gasteiger partial charge on any atom is -0.481 e. The lowest BCUT2D eigenvalue weighted by molar-refractivity contribution is -0.136. The maximum absolute atomic E-state index is 10.7. The fraction of sp³-hybridized carbons (Fsp3) is 0.364. The van der Waals surface area contributed by atoms with Gasteiger partial charge in [0.1, 0.15) is 0 Å². The van der Waals surface area contributed by atoms with Crippen LogP contribution in [0.2, 0.25) is 0 Å². The van der Waals surface area contributed by atoms with E-state index in [0.717, 1.165) is 26.4 Å². The van der Waals surface area contributed by atoms with Gasteiger partial charge in [0.2, 0.25) is 0 Å². The molecule has 0 atom stereocenters. The van der Waals surface area contributed by atoms with Gasteiger partial charge >= 0.3 is 5.97 Å². The van der Waals surface area contributed by atoms with Gasteiger partial charge in [-0.1, -0.05) is 11.8 Å². The fourth-order valence-electron chi connectivity index (χ4n) is 1.44. The smallest absolute Gasteiger partial charge is 0.308 e. The SMILES string of the molecule is Cc1nc(SCc2ccn(C)n2)sc1CC(=O)O. The monoisotopic (exact) mass is 283 g/mol. The van der Waals surface area contributed by atoms with Gasteiger partial charge in [0, 0.05) is 23.9 Å². The maximum Gasteiger partial charge on any atom is 0.308 e. The minimum atomic E-state index is -0.817. The van der Waals surface area contributed by atoms with Crippen LogP contribution in [0.1, 0.15) is 16.3 Å². The third kappa shape index (κ3) is 3.33. The maximum atomic E-state index is 10.7. The molecule has 0 amide bonds. The molecule has 0 radical (unpaired) electrons. The molecule has 0 bridgehead atoms. The quantitative estimate of drug-likeness (QED) is 0.851. The number of carboxylic acids is 1. The summed E-state index contributed by atoms with van der Waals surface area (Å²) in [7, 11) is 1.88. The molecule has 0 unspecified atom stereocenters. The van der Waals surface area contributed by atoms with E-state index in [1.54, 1.807) is 16.4 Å². The summed E-state index contributed by atoms with van der Waals surface area (Å²) < 4.78 is 2.66. The Hall–Kier alpha value is -1.34. The summed E-state index contributed by atoms with van der Waals surface area (Å²) in [6.07, 6.45) is 1.95. The molecule has 0 aliphatic carbocycles. The molecule has 96 valence electrons. The van der Waals surface area contributed by atoms with Crippen LogP contribution >= 0.6 is 23.1 Å². The molecule has 18 heavy (non-hydrogen) atoms. The zero-order valence-electron chi connectivity index (χ0n) is 10.1. The van der Waals surface area contributed by atoms with E-state index in [2.05, 4.69) is 10.1 Å². The molecule has 0 aliphatic rings. The molecular weight excluding hydrogens is 270 g/mol. The summed E-state index contributed by atoms with van der Waals surface area (Å²) >= 11 is 3.04. The van der Waals surface area contributed by atoms with Gasteiger partial charge in [-0.05, 0) is 13.0 Å². The first-order chi connectivity index (χ1) is 8.54. The zero-order chi connectivity index (χ0) is 13.1. The van der Waals surface area contributed by atoms with Crippen LogP contribution in [-0.4, -0.2) is 25.8 Å². The molecule has 5 nitrogen and oxygen atoms in total. The minimum absolute atomic E-state index is 0.0493. The number of hydrogen-bond donors (Lipinski definition) is 1. The molecule has 0 saturated carbocycles. The van der Waals surface area contributed by atoms with E-state index in [4.69, 9.17) is 5.11 Å². The molecule has 0 aliphatic heterocycles. The van der Waals surface area contributed by atoms with Crippen LogP contribution in [0, 0.1) is 6.92 Å². The van der Waals surface area contributed by atoms with Gasteiger partial charge in [0.15, 0.2) is 4.34 Å². The van der Waals surface area contributed by atoms with Crippen LogP contribution in [-0.2, 0) is 24.0 Å². The molecule has 0 saturated heterocycles. The molecular formula is C11H13N3O2S2. The number of carboxylic acid groups (broad SMARTS) is 1. The summed E-state index contributed by atoms with van der Waals surface area (Å²) in [4.78, 5) is 15.9. The number of thiazole rings is 1. The van der Waals surface area contributed by atoms with Gasteiger partial charge in [0.05, 0.1) is 17.8 Å². The lowest BCUT2D eigenvalue weighted by Gasteiger charge is -1.93. The molecule has 2 aromatic heterocycles. The van der Waals surface area contributed by atoms with Crippen molar-refractivity contribution >= 4 is 29.1 Å². The first kappa shape index (κ1) is 13.1. The van der Waals surface area contributed by atoms with Gasteiger partial charge in [-0.15, -0.1) is 11.3 Å². The number of rotatable bonds is 5. The van der Waals surface area contributed by atoms with E-state index in [-0.39, 0.29) is 6.42 Å². The molecule has 7 heteroatoms. The standard InChI is InChI=1S/C11H13N3O2S2/c1-7-9(5-10(15)16)18-11(12-7)17-6-8-3-4-14(2)13-8/h3-4H,5-6H2,1-2H3,(H,15,16). The predicted octanol–water partition coefficient (Wildman–Crippen LogP) is 2.10. The Morgan fingerprint density at radius 2 is 2.39 bits per heavy atom. The number of nitrogens with zero attached hydrogens (tertiary/aromatic N) is 3. The van der Waals surface area contributed by atoms with Crippen molar-refractivity contribution in [3.8, 4) is 0 Å². The van der Waals surface area contributed by atoms with Crippen LogP contribution in [0.15, 0.2) is 16.6 Å². The number of hydrogen-bond acceptors (Lipinski definition) is 5. The van der Waals surface area contributed by atoms with E-state index >= 15 is 0 Å². The van der Waals surface area contributed by atoms with Gasteiger partial charge in [-0.3, -0.25) is 9.48 Å². The molecule has 0 aromatic carbocycles. The van der Waals surface area contributed by atoms with Gasteiger partial charge in [-0.2, -0.15) is 5.10 Å². The highest BCUT2D eigenvalue weighted by atomic mass is 32.2. The largest absolute Gasteiger partial charge is 0.481 e. The lowest BCUT2D eigenvalue weighted by atomic mass is 10.3. The topological polar surface area (TPSA) is 68.0 Å². The summed E-state index contributed by atoms with van der Waals surface area (Å²) in [5.41, 5.74) is 1.81. The highest BCUT2D eigenvalue weighted by molar-refractivity contribution is 8.00. The van der Waals surface area contributed by atoms with Crippen molar-refractivity contribution in [3.05, 3.63) is 28.5 Å². The number of aliphatic carboxylic acids is 1. The van der Waals surface area contributed by atoms with Crippen molar-refractivity contribution in [1.82, 2.24) is 14.8 Å². The van der Waals surface area contributed by atoms with Crippen LogP contribution in [0.25, 0.3) is 0 Å². The Morgan fingerprint density at radius 3 is 3.00 bits per heavy atom. The summed E-state index contributed by atoms with van der Waals surface area (Å²) in [5, 5.41) is 13.1. The highest BCUT2D eigenvalue weighted by Gasteiger charge is 2.11. The average Bonchev–Trinajstić information content (AvgIpc) is 2.83. The molecule has 2 aromatic rings. The number of carbonyl (C=O) groups is 1. The Kier molecular flexibility index (Phi) is 4.03. The third-order valence-electron chi connectivity index (χ3n) is 2.30. The van der Waals surface area contributed by atoms with E-state index in [0.29, 0.717) is 0 Å². The van der Waals surface area contributed by atoms with E-state index in [9.17, 15) is 4.79 Å². The Labute approximate surface area is 113 Å². The normalized spacial score (nSPS) is 10.8. The first-order valence-electron chi connectivity index (χ1n) is 5.34. The van der Waals surface area contributed by atoms with E-state index in [1.165, 1.54) is 11.3 Å². The lowest BCUT2D eigenvalue weighted by Crippen LogP contribution is -1.99. The Balaban J connectivity index is 1.99. The second kappa shape index (κ2) is 5.53. The van der Waals surface area contributed by atoms with Crippen molar-refractivity contribution in [3.63, 3.8) is 0 Å². The summed E-state index contributed by atoms with van der Waals surface area (Å²) in [5.74, 6) is -0.0663. The van der Waals surface area contributed by atoms with Crippen molar-refractivity contribution < 1.29 is 9.90 Å². The Morgan fingerprint density at radius 1 is 1.61 bits per heavy atom. The van der Waals surface area contributed by atoms with Crippen molar-refractivity contribution in [1.29, 1.82) is 0 Å². The summed E-state index contributed by atoms with van der Waals surface area (Å²) in [6, 6.07) is 1.96. The number of aryl methyl sites for hydroxylation is 2. The predicted molar refractivity (Wildman–Crippen MR) is 71.0 cm³/mol. The molecule has 0 spiro atoms. The van der Waals surface area contributed by atoms with Crippen molar-refractivity contribution in [2.75, 3.05) is 0 Å². The molecule has 2 heterocycles. The van der Waals surface area contributed by atoms with E-state index in [1.807, 2.05) is 26.2 Å². The number of thioether (sulfide) groups is 1. The Bertz CT molecular complexity index is 562. The first-order valence-corrected chi connectivity index (χ1v) is 7.14. The fourth-order valence-corrected chi connectivity index (χ4v) is 3.56. The highest BCUT2D eigenvalue weighted by Crippen LogP contribution is 2.29. The van der Waals surface area contributed by atoms with Crippen molar-refractivity contribution in [2.45, 2.75) is 23.4 Å². The van der Waals surface area contributed by atoms with Crippen LogP contribution in [0.3, 0.4) is 0 Å². The summed E-state index contributed by atoms with van der Waals surface area (Å²) in [6.45, 7) is 1.85. The van der Waals surface area contributed by atoms with Crippen molar-refractivity contribution in [2.24, 2.45) is 7.05 Å². The second-order valence-corrected chi connectivity index (χ2v) is 6.13. The van der Waals surface area contributed by atoms with Gasteiger partial charge in [-0.25, -0.2) is 4.98 Å². The van der Waals surface area contributed by atoms with Crippen LogP contribution < -0.4 is 0 Å². The molecule has 2 rings (SSSR count). The van der Waals surface area contributed by atoms with Gasteiger partial charge in [0.25, 0.3) is 0 Å². The third-order valence-corrected chi connectivity index (χ3v) is 4.63. The molecule has 1 N–H and O–H groups in total. The molecule has 0 fully saturated rings. The second-order valence-electron chi connectivity index (χ2n) is 3.83. The average molecular weight is 283 g/mol. The van der Waals surface area contributed by atoms with Crippen LogP contribution in [0.5, 0.6) is 0 Å². The number of aromatic nitrogens is 3. The van der Waals surface area contributed by atoms with Crippen LogP contribution in [0.4, 0.5) is 0 Å².